The fraction of sp³-hybridized carbons (Fsp3) is 0.364. The Hall–Kier alpha value is -3.22. The molecular formula is C22H25N5O2. The first kappa shape index (κ1) is 19.1. The van der Waals surface area contributed by atoms with E-state index in [0.29, 0.717) is 18.3 Å². The van der Waals surface area contributed by atoms with E-state index in [1.54, 1.807) is 6.20 Å². The summed E-state index contributed by atoms with van der Waals surface area (Å²) in [6.45, 7) is 3.40. The number of carbonyl (C=O) groups is 1. The fourth-order valence-electron chi connectivity index (χ4n) is 3.65. The molecule has 2 aromatic heterocycles. The molecule has 3 aromatic rings. The van der Waals surface area contributed by atoms with Gasteiger partial charge in [0.2, 0.25) is 5.91 Å². The van der Waals surface area contributed by atoms with E-state index in [1.807, 2.05) is 30.0 Å². The molecule has 7 heteroatoms. The Bertz CT molecular complexity index is 939. The second kappa shape index (κ2) is 8.86. The Morgan fingerprint density at radius 1 is 1.17 bits per heavy atom. The van der Waals surface area contributed by atoms with Gasteiger partial charge in [-0.25, -0.2) is 4.98 Å². The van der Waals surface area contributed by atoms with Gasteiger partial charge in [-0.05, 0) is 37.0 Å². The monoisotopic (exact) mass is 391 g/mol. The zero-order valence-corrected chi connectivity index (χ0v) is 16.5. The van der Waals surface area contributed by atoms with Gasteiger partial charge in [0.25, 0.3) is 5.89 Å². The van der Waals surface area contributed by atoms with E-state index in [0.717, 1.165) is 43.6 Å². The number of anilines is 1. The van der Waals surface area contributed by atoms with Gasteiger partial charge in [0.05, 0.1) is 5.56 Å². The number of nitrogens with zero attached hydrogens (tertiary/aromatic N) is 4. The SMILES string of the molecule is CC[C@@H]1C(=O)NCCN1c1ccc(-c2nc(CCCc3ccccc3)no2)cn1. The Morgan fingerprint density at radius 2 is 2.03 bits per heavy atom. The number of aromatic nitrogens is 3. The third-order valence-electron chi connectivity index (χ3n) is 5.18. The van der Waals surface area contributed by atoms with Crippen LogP contribution in [0.4, 0.5) is 5.82 Å². The molecule has 0 unspecified atom stereocenters. The van der Waals surface area contributed by atoms with Crippen molar-refractivity contribution in [2.45, 2.75) is 38.6 Å². The summed E-state index contributed by atoms with van der Waals surface area (Å²) in [5.74, 6) is 2.03. The van der Waals surface area contributed by atoms with Gasteiger partial charge in [0, 0.05) is 25.7 Å². The zero-order chi connectivity index (χ0) is 20.1. The molecule has 7 nitrogen and oxygen atoms in total. The van der Waals surface area contributed by atoms with Crippen LogP contribution >= 0.6 is 0 Å². The number of carbonyl (C=O) groups excluding carboxylic acids is 1. The minimum absolute atomic E-state index is 0.0571. The molecule has 3 heterocycles. The average Bonchev–Trinajstić information content (AvgIpc) is 3.23. The Morgan fingerprint density at radius 3 is 2.79 bits per heavy atom. The van der Waals surface area contributed by atoms with Gasteiger partial charge in [0.1, 0.15) is 11.9 Å². The van der Waals surface area contributed by atoms with Crippen LogP contribution in [-0.2, 0) is 17.6 Å². The molecule has 0 spiro atoms. The number of nitrogens with one attached hydrogen (secondary N) is 1. The summed E-state index contributed by atoms with van der Waals surface area (Å²) in [5.41, 5.74) is 2.10. The van der Waals surface area contributed by atoms with Crippen LogP contribution in [0.25, 0.3) is 11.5 Å². The van der Waals surface area contributed by atoms with Crippen LogP contribution in [0, 0.1) is 0 Å². The maximum Gasteiger partial charge on any atom is 0.259 e. The molecule has 0 saturated carbocycles. The number of rotatable bonds is 7. The van der Waals surface area contributed by atoms with Gasteiger partial charge in [0.15, 0.2) is 5.82 Å². The third-order valence-corrected chi connectivity index (χ3v) is 5.18. The predicted octanol–water partition coefficient (Wildman–Crippen LogP) is 3.02. The van der Waals surface area contributed by atoms with Crippen LogP contribution in [-0.4, -0.2) is 40.2 Å². The fourth-order valence-corrected chi connectivity index (χ4v) is 3.65. The van der Waals surface area contributed by atoms with Crippen molar-refractivity contribution in [2.75, 3.05) is 18.0 Å². The van der Waals surface area contributed by atoms with Crippen molar-refractivity contribution >= 4 is 11.7 Å². The molecule has 0 radical (unpaired) electrons. The smallest absolute Gasteiger partial charge is 0.259 e. The van der Waals surface area contributed by atoms with Gasteiger partial charge in [-0.2, -0.15) is 4.98 Å². The van der Waals surface area contributed by atoms with E-state index in [-0.39, 0.29) is 11.9 Å². The Labute approximate surface area is 170 Å². The van der Waals surface area contributed by atoms with E-state index in [9.17, 15) is 4.79 Å². The van der Waals surface area contributed by atoms with E-state index in [4.69, 9.17) is 4.52 Å². The van der Waals surface area contributed by atoms with Crippen LogP contribution in [0.5, 0.6) is 0 Å². The largest absolute Gasteiger partial charge is 0.353 e. The first-order valence-electron chi connectivity index (χ1n) is 10.1. The van der Waals surface area contributed by atoms with E-state index < -0.39 is 0 Å². The number of aryl methyl sites for hydroxylation is 2. The molecule has 1 saturated heterocycles. The second-order valence-electron chi connectivity index (χ2n) is 7.17. The molecule has 1 aliphatic rings. The summed E-state index contributed by atoms with van der Waals surface area (Å²) in [4.78, 5) is 23.2. The Kier molecular flexibility index (Phi) is 5.84. The maximum absolute atomic E-state index is 12.1. The summed E-state index contributed by atoms with van der Waals surface area (Å²) in [6, 6.07) is 14.0. The van der Waals surface area contributed by atoms with Crippen molar-refractivity contribution in [3.63, 3.8) is 0 Å². The number of piperazine rings is 1. The maximum atomic E-state index is 12.1. The van der Waals surface area contributed by atoms with Crippen molar-refractivity contribution in [2.24, 2.45) is 0 Å². The number of hydrogen-bond acceptors (Lipinski definition) is 6. The molecule has 0 aliphatic carbocycles. The zero-order valence-electron chi connectivity index (χ0n) is 16.5. The van der Waals surface area contributed by atoms with Crippen molar-refractivity contribution in [1.29, 1.82) is 0 Å². The predicted molar refractivity (Wildman–Crippen MR) is 110 cm³/mol. The van der Waals surface area contributed by atoms with Gasteiger partial charge in [-0.1, -0.05) is 42.4 Å². The van der Waals surface area contributed by atoms with Crippen molar-refractivity contribution < 1.29 is 9.32 Å². The lowest BCUT2D eigenvalue weighted by molar-refractivity contribution is -0.123. The van der Waals surface area contributed by atoms with Gasteiger partial charge in [-0.3, -0.25) is 4.79 Å². The minimum Gasteiger partial charge on any atom is -0.353 e. The van der Waals surface area contributed by atoms with Crippen LogP contribution in [0.15, 0.2) is 53.2 Å². The number of pyridine rings is 1. The summed E-state index contributed by atoms with van der Waals surface area (Å²) in [6.07, 6.45) is 5.20. The molecule has 0 bridgehead atoms. The summed E-state index contributed by atoms with van der Waals surface area (Å²) < 4.78 is 5.42. The normalized spacial score (nSPS) is 16.7. The number of amides is 1. The van der Waals surface area contributed by atoms with Crippen LogP contribution in [0.1, 0.15) is 31.2 Å². The highest BCUT2D eigenvalue weighted by atomic mass is 16.5. The Balaban J connectivity index is 1.38. The molecule has 1 aliphatic heterocycles. The third kappa shape index (κ3) is 4.45. The highest BCUT2D eigenvalue weighted by molar-refractivity contribution is 5.86. The summed E-state index contributed by atoms with van der Waals surface area (Å²) in [5, 5.41) is 7.00. The van der Waals surface area contributed by atoms with Gasteiger partial charge >= 0.3 is 0 Å². The minimum atomic E-state index is -0.179. The summed E-state index contributed by atoms with van der Waals surface area (Å²) in [7, 11) is 0. The van der Waals surface area contributed by atoms with Crippen LogP contribution < -0.4 is 10.2 Å². The van der Waals surface area contributed by atoms with Crippen molar-refractivity contribution in [1.82, 2.24) is 20.4 Å². The highest BCUT2D eigenvalue weighted by Gasteiger charge is 2.28. The quantitative estimate of drug-likeness (QED) is 0.666. The number of hydrogen-bond donors (Lipinski definition) is 1. The lowest BCUT2D eigenvalue weighted by Gasteiger charge is -2.35. The summed E-state index contributed by atoms with van der Waals surface area (Å²) >= 11 is 0. The van der Waals surface area contributed by atoms with E-state index in [2.05, 4.69) is 44.7 Å². The lowest BCUT2D eigenvalue weighted by Crippen LogP contribution is -2.55. The topological polar surface area (TPSA) is 84.2 Å². The van der Waals surface area contributed by atoms with Crippen LogP contribution in [0.3, 0.4) is 0 Å². The molecule has 29 heavy (non-hydrogen) atoms. The average molecular weight is 391 g/mol. The van der Waals surface area contributed by atoms with Crippen molar-refractivity contribution in [3.8, 4) is 11.5 Å². The molecular weight excluding hydrogens is 366 g/mol. The molecule has 4 rings (SSSR count). The number of benzene rings is 1. The molecule has 1 amide bonds. The van der Waals surface area contributed by atoms with Gasteiger partial charge < -0.3 is 14.7 Å². The molecule has 150 valence electrons. The standard InChI is InChI=1S/C22H25N5O2/c1-2-18-21(28)23-13-14-27(18)20-12-11-17(15-24-20)22-25-19(26-29-22)10-6-9-16-7-4-3-5-8-16/h3-5,7-8,11-12,15,18H,2,6,9-10,13-14H2,1H3,(H,23,28)/t18-/m1/s1. The first-order chi connectivity index (χ1) is 14.2. The van der Waals surface area contributed by atoms with Crippen molar-refractivity contribution in [3.05, 3.63) is 60.0 Å². The van der Waals surface area contributed by atoms with Gasteiger partial charge in [-0.15, -0.1) is 0 Å². The molecule has 1 fully saturated rings. The highest BCUT2D eigenvalue weighted by Crippen LogP contribution is 2.22. The lowest BCUT2D eigenvalue weighted by atomic mass is 10.1. The van der Waals surface area contributed by atoms with E-state index in [1.165, 1.54) is 5.56 Å². The first-order valence-corrected chi connectivity index (χ1v) is 10.1. The molecule has 1 N–H and O–H groups in total. The van der Waals surface area contributed by atoms with E-state index >= 15 is 0 Å². The second-order valence-corrected chi connectivity index (χ2v) is 7.17. The molecule has 1 aromatic carbocycles. The molecule has 1 atom stereocenters. The van der Waals surface area contributed by atoms with Crippen LogP contribution in [0.2, 0.25) is 0 Å².